The van der Waals surface area contributed by atoms with Crippen molar-refractivity contribution in [3.63, 3.8) is 0 Å². The van der Waals surface area contributed by atoms with Crippen molar-refractivity contribution in [1.29, 1.82) is 0 Å². The Morgan fingerprint density at radius 1 is 1.17 bits per heavy atom. The van der Waals surface area contributed by atoms with Gasteiger partial charge in [0.05, 0.1) is 5.60 Å². The largest absolute Gasteiger partial charge is 0.385 e. The fourth-order valence-corrected chi connectivity index (χ4v) is 2.73. The summed E-state index contributed by atoms with van der Waals surface area (Å²) in [6.07, 6.45) is 5.50. The molecule has 1 aliphatic rings. The van der Waals surface area contributed by atoms with Gasteiger partial charge in [-0.25, -0.2) is 0 Å². The van der Waals surface area contributed by atoms with E-state index in [9.17, 15) is 9.90 Å². The van der Waals surface area contributed by atoms with E-state index >= 15 is 0 Å². The Morgan fingerprint density at radius 3 is 2.72 bits per heavy atom. The lowest BCUT2D eigenvalue weighted by atomic mass is 9.78. The second-order valence-corrected chi connectivity index (χ2v) is 4.97. The summed E-state index contributed by atoms with van der Waals surface area (Å²) in [4.78, 5) is 15.5. The molecule has 0 atom stereocenters. The van der Waals surface area contributed by atoms with Crippen LogP contribution in [0.15, 0.2) is 36.7 Å². The third kappa shape index (κ3) is 1.81. The molecule has 3 nitrogen and oxygen atoms in total. The van der Waals surface area contributed by atoms with Crippen LogP contribution < -0.4 is 0 Å². The van der Waals surface area contributed by atoms with Crippen molar-refractivity contribution in [1.82, 2.24) is 4.98 Å². The molecular formula is C15H15NO2. The van der Waals surface area contributed by atoms with Crippen LogP contribution in [-0.2, 0) is 10.4 Å². The first-order chi connectivity index (χ1) is 8.69. The number of carbonyl (C=O) groups is 1. The summed E-state index contributed by atoms with van der Waals surface area (Å²) in [7, 11) is 0. The van der Waals surface area contributed by atoms with Crippen LogP contribution >= 0.6 is 0 Å². The summed E-state index contributed by atoms with van der Waals surface area (Å²) in [5, 5.41) is 12.8. The van der Waals surface area contributed by atoms with Crippen molar-refractivity contribution in [3.8, 4) is 0 Å². The first-order valence-corrected chi connectivity index (χ1v) is 6.26. The van der Waals surface area contributed by atoms with Crippen molar-refractivity contribution in [2.24, 2.45) is 0 Å². The van der Waals surface area contributed by atoms with Gasteiger partial charge in [-0.2, -0.15) is 0 Å². The van der Waals surface area contributed by atoms with Crippen LogP contribution in [0.3, 0.4) is 0 Å². The summed E-state index contributed by atoms with van der Waals surface area (Å²) in [6, 6.07) is 7.85. The molecule has 0 bridgehead atoms. The highest BCUT2D eigenvalue weighted by Crippen LogP contribution is 2.38. The molecule has 1 aromatic carbocycles. The molecule has 2 aromatic rings. The molecule has 1 N–H and O–H groups in total. The van der Waals surface area contributed by atoms with Crippen LogP contribution in [0.2, 0.25) is 0 Å². The molecule has 1 fully saturated rings. The van der Waals surface area contributed by atoms with Gasteiger partial charge in [-0.05, 0) is 29.9 Å². The quantitative estimate of drug-likeness (QED) is 0.834. The normalized spacial score (nSPS) is 19.1. The average Bonchev–Trinajstić information content (AvgIpc) is 2.42. The number of pyridine rings is 1. The maximum Gasteiger partial charge on any atom is 0.133 e. The second-order valence-electron chi connectivity index (χ2n) is 4.97. The minimum atomic E-state index is -0.879. The van der Waals surface area contributed by atoms with Crippen molar-refractivity contribution in [2.75, 3.05) is 0 Å². The number of benzene rings is 1. The van der Waals surface area contributed by atoms with Crippen LogP contribution in [-0.4, -0.2) is 15.9 Å². The van der Waals surface area contributed by atoms with Crippen molar-refractivity contribution < 1.29 is 9.90 Å². The predicted octanol–water partition coefficient (Wildman–Crippen LogP) is 2.57. The Labute approximate surface area is 105 Å². The van der Waals surface area contributed by atoms with Gasteiger partial charge in [0.2, 0.25) is 0 Å². The number of hydrogen-bond acceptors (Lipinski definition) is 3. The predicted molar refractivity (Wildman–Crippen MR) is 69.1 cm³/mol. The first-order valence-electron chi connectivity index (χ1n) is 6.26. The SMILES string of the molecule is O=C1CCC(O)(c2cccc3ccncc23)CC1. The van der Waals surface area contributed by atoms with Crippen molar-refractivity contribution in [2.45, 2.75) is 31.3 Å². The Kier molecular flexibility index (Phi) is 2.63. The van der Waals surface area contributed by atoms with Gasteiger partial charge >= 0.3 is 0 Å². The highest BCUT2D eigenvalue weighted by Gasteiger charge is 2.35. The fourth-order valence-electron chi connectivity index (χ4n) is 2.73. The third-order valence-corrected chi connectivity index (χ3v) is 3.82. The van der Waals surface area contributed by atoms with E-state index in [0.717, 1.165) is 16.3 Å². The lowest BCUT2D eigenvalue weighted by molar-refractivity contribution is -0.125. The highest BCUT2D eigenvalue weighted by atomic mass is 16.3. The second kappa shape index (κ2) is 4.18. The number of hydrogen-bond donors (Lipinski definition) is 1. The number of aliphatic hydroxyl groups is 1. The number of Topliss-reactive ketones (excluding diaryl/α,β-unsaturated/α-hetero) is 1. The van der Waals surface area contributed by atoms with Crippen molar-refractivity contribution >= 4 is 16.6 Å². The number of ketones is 1. The maximum atomic E-state index is 11.3. The molecule has 1 heterocycles. The zero-order valence-corrected chi connectivity index (χ0v) is 10.1. The molecule has 3 heteroatoms. The van der Waals surface area contributed by atoms with E-state index in [4.69, 9.17) is 0 Å². The van der Waals surface area contributed by atoms with E-state index in [1.165, 1.54) is 0 Å². The summed E-state index contributed by atoms with van der Waals surface area (Å²) in [5.74, 6) is 0.248. The van der Waals surface area contributed by atoms with Gasteiger partial charge in [0.15, 0.2) is 0 Å². The first kappa shape index (κ1) is 11.4. The molecule has 1 aromatic heterocycles. The van der Waals surface area contributed by atoms with Crippen LogP contribution in [0.25, 0.3) is 10.8 Å². The van der Waals surface area contributed by atoms with E-state index in [2.05, 4.69) is 4.98 Å². The van der Waals surface area contributed by atoms with E-state index in [1.54, 1.807) is 12.4 Å². The highest BCUT2D eigenvalue weighted by molar-refractivity contribution is 5.86. The molecule has 0 spiro atoms. The molecule has 1 aliphatic carbocycles. The summed E-state index contributed by atoms with van der Waals surface area (Å²) in [6.45, 7) is 0. The fraction of sp³-hybridized carbons (Fsp3) is 0.333. The molecule has 0 unspecified atom stereocenters. The summed E-state index contributed by atoms with van der Waals surface area (Å²) >= 11 is 0. The standard InChI is InChI=1S/C15H15NO2/c17-12-4-7-15(18,8-5-12)14-3-1-2-11-6-9-16-10-13(11)14/h1-3,6,9-10,18H,4-5,7-8H2. The van der Waals surface area contributed by atoms with Gasteiger partial charge in [-0.3, -0.25) is 9.78 Å². The van der Waals surface area contributed by atoms with Gasteiger partial charge in [0.25, 0.3) is 0 Å². The number of fused-ring (bicyclic) bond motifs is 1. The average molecular weight is 241 g/mol. The Bertz CT molecular complexity index is 591. The maximum absolute atomic E-state index is 11.3. The van der Waals surface area contributed by atoms with Gasteiger partial charge in [0, 0.05) is 30.6 Å². The van der Waals surface area contributed by atoms with Crippen LogP contribution in [0, 0.1) is 0 Å². The van der Waals surface area contributed by atoms with Crippen molar-refractivity contribution in [3.05, 3.63) is 42.2 Å². The minimum absolute atomic E-state index is 0.248. The smallest absolute Gasteiger partial charge is 0.133 e. The molecule has 0 aliphatic heterocycles. The van der Waals surface area contributed by atoms with Gasteiger partial charge in [-0.1, -0.05) is 18.2 Å². The zero-order chi connectivity index (χ0) is 12.6. The molecular weight excluding hydrogens is 226 g/mol. The van der Waals surface area contributed by atoms with Crippen LogP contribution in [0.1, 0.15) is 31.2 Å². The molecule has 92 valence electrons. The van der Waals surface area contributed by atoms with Gasteiger partial charge in [-0.15, -0.1) is 0 Å². The Hall–Kier alpha value is -1.74. The number of aromatic nitrogens is 1. The van der Waals surface area contributed by atoms with E-state index in [0.29, 0.717) is 25.7 Å². The molecule has 1 saturated carbocycles. The molecule has 0 radical (unpaired) electrons. The lowest BCUT2D eigenvalue weighted by Gasteiger charge is -2.32. The molecule has 0 amide bonds. The number of carbonyl (C=O) groups excluding carboxylic acids is 1. The summed E-state index contributed by atoms with van der Waals surface area (Å²) in [5.41, 5.74) is 0.0248. The zero-order valence-electron chi connectivity index (χ0n) is 10.1. The van der Waals surface area contributed by atoms with E-state index < -0.39 is 5.60 Å². The summed E-state index contributed by atoms with van der Waals surface area (Å²) < 4.78 is 0. The topological polar surface area (TPSA) is 50.2 Å². The molecule has 3 rings (SSSR count). The minimum Gasteiger partial charge on any atom is -0.385 e. The van der Waals surface area contributed by atoms with Crippen LogP contribution in [0.5, 0.6) is 0 Å². The molecule has 18 heavy (non-hydrogen) atoms. The Balaban J connectivity index is 2.11. The monoisotopic (exact) mass is 241 g/mol. The van der Waals surface area contributed by atoms with Gasteiger partial charge < -0.3 is 5.11 Å². The number of nitrogens with zero attached hydrogens (tertiary/aromatic N) is 1. The van der Waals surface area contributed by atoms with E-state index in [1.807, 2.05) is 24.3 Å². The van der Waals surface area contributed by atoms with Crippen LogP contribution in [0.4, 0.5) is 0 Å². The van der Waals surface area contributed by atoms with Gasteiger partial charge in [0.1, 0.15) is 5.78 Å². The van der Waals surface area contributed by atoms with E-state index in [-0.39, 0.29) is 5.78 Å². The molecule has 0 saturated heterocycles. The lowest BCUT2D eigenvalue weighted by Crippen LogP contribution is -2.31. The third-order valence-electron chi connectivity index (χ3n) is 3.82. The Morgan fingerprint density at radius 2 is 1.94 bits per heavy atom. The number of rotatable bonds is 1.